The molecule has 4 N–H and O–H groups in total. The Morgan fingerprint density at radius 2 is 2.39 bits per heavy atom. The topological polar surface area (TPSA) is 67.2 Å². The van der Waals surface area contributed by atoms with Crippen LogP contribution in [0.25, 0.3) is 0 Å². The number of amides is 1. The summed E-state index contributed by atoms with van der Waals surface area (Å²) in [7, 11) is 0. The molecule has 0 radical (unpaired) electrons. The quantitative estimate of drug-likeness (QED) is 0.771. The molecule has 2 rings (SSSR count). The van der Waals surface area contributed by atoms with Crippen molar-refractivity contribution in [3.63, 3.8) is 0 Å². The first kappa shape index (κ1) is 13.3. The van der Waals surface area contributed by atoms with Crippen LogP contribution in [-0.4, -0.2) is 24.5 Å². The molecule has 1 aliphatic rings. The fourth-order valence-corrected chi connectivity index (χ4v) is 2.33. The number of benzene rings is 1. The van der Waals surface area contributed by atoms with Crippen molar-refractivity contribution >= 4 is 17.5 Å². The van der Waals surface area contributed by atoms with E-state index in [1.165, 1.54) is 0 Å². The molecule has 98 valence electrons. The number of nitrogens with one attached hydrogen (secondary N) is 2. The number of hydrogen-bond donors (Lipinski definition) is 3. The molecule has 1 heterocycles. The van der Waals surface area contributed by atoms with E-state index in [4.69, 9.17) is 17.3 Å². The van der Waals surface area contributed by atoms with Crippen molar-refractivity contribution in [2.45, 2.75) is 31.5 Å². The number of rotatable bonds is 3. The summed E-state index contributed by atoms with van der Waals surface area (Å²) in [5.74, 6) is -0.00424. The van der Waals surface area contributed by atoms with Gasteiger partial charge in [-0.15, -0.1) is 0 Å². The van der Waals surface area contributed by atoms with Crippen molar-refractivity contribution < 1.29 is 4.79 Å². The Bertz CT molecular complexity index is 438. The molecule has 3 atom stereocenters. The lowest BCUT2D eigenvalue weighted by Crippen LogP contribution is -2.41. The highest BCUT2D eigenvalue weighted by Crippen LogP contribution is 2.17. The number of carbonyl (C=O) groups excluding carboxylic acids is 1. The Morgan fingerprint density at radius 3 is 3.00 bits per heavy atom. The maximum Gasteiger partial charge on any atom is 0.237 e. The summed E-state index contributed by atoms with van der Waals surface area (Å²) in [5.41, 5.74) is 6.76. The van der Waals surface area contributed by atoms with Crippen LogP contribution in [0.1, 0.15) is 24.9 Å². The standard InChI is InChI=1S/C13H18ClN3O/c1-8(9-3-2-4-10(14)5-9)17-13(18)12-6-11(15)7-16-12/h2-5,8,11-12,16H,6-7,15H2,1H3,(H,17,18)/t8-,11-,12-/m0/s1. The summed E-state index contributed by atoms with van der Waals surface area (Å²) in [6, 6.07) is 7.34. The molecule has 0 bridgehead atoms. The van der Waals surface area contributed by atoms with Gasteiger partial charge in [0.15, 0.2) is 0 Å². The monoisotopic (exact) mass is 267 g/mol. The maximum absolute atomic E-state index is 12.0. The van der Waals surface area contributed by atoms with Crippen molar-refractivity contribution in [3.8, 4) is 0 Å². The van der Waals surface area contributed by atoms with E-state index in [0.29, 0.717) is 18.0 Å². The lowest BCUT2D eigenvalue weighted by molar-refractivity contribution is -0.123. The SMILES string of the molecule is C[C@H](NC(=O)[C@@H]1C[C@H](N)CN1)c1cccc(Cl)c1. The van der Waals surface area contributed by atoms with E-state index in [2.05, 4.69) is 10.6 Å². The van der Waals surface area contributed by atoms with Crippen molar-refractivity contribution in [1.82, 2.24) is 10.6 Å². The van der Waals surface area contributed by atoms with E-state index in [1.807, 2.05) is 31.2 Å². The van der Waals surface area contributed by atoms with E-state index in [1.54, 1.807) is 0 Å². The fourth-order valence-electron chi connectivity index (χ4n) is 2.14. The van der Waals surface area contributed by atoms with E-state index in [0.717, 1.165) is 5.56 Å². The van der Waals surface area contributed by atoms with Gasteiger partial charge in [-0.05, 0) is 31.0 Å². The number of halogens is 1. The fraction of sp³-hybridized carbons (Fsp3) is 0.462. The predicted octanol–water partition coefficient (Wildman–Crippen LogP) is 1.21. The summed E-state index contributed by atoms with van der Waals surface area (Å²) in [6.45, 7) is 2.64. The van der Waals surface area contributed by atoms with Gasteiger partial charge in [0.2, 0.25) is 5.91 Å². The van der Waals surface area contributed by atoms with Gasteiger partial charge in [0.1, 0.15) is 0 Å². The van der Waals surface area contributed by atoms with Gasteiger partial charge in [0, 0.05) is 17.6 Å². The molecular formula is C13H18ClN3O. The normalized spacial score (nSPS) is 24.8. The van der Waals surface area contributed by atoms with Crippen LogP contribution in [0.4, 0.5) is 0 Å². The van der Waals surface area contributed by atoms with Crippen molar-refractivity contribution in [2.75, 3.05) is 6.54 Å². The third-order valence-corrected chi connectivity index (χ3v) is 3.42. The highest BCUT2D eigenvalue weighted by Gasteiger charge is 2.27. The molecule has 0 aromatic heterocycles. The Morgan fingerprint density at radius 1 is 1.61 bits per heavy atom. The number of hydrogen-bond acceptors (Lipinski definition) is 3. The Kier molecular flexibility index (Phi) is 4.22. The first-order valence-corrected chi connectivity index (χ1v) is 6.49. The average molecular weight is 268 g/mol. The molecule has 1 fully saturated rings. The van der Waals surface area contributed by atoms with Gasteiger partial charge in [-0.25, -0.2) is 0 Å². The largest absolute Gasteiger partial charge is 0.348 e. The zero-order valence-corrected chi connectivity index (χ0v) is 11.1. The summed E-state index contributed by atoms with van der Waals surface area (Å²) in [4.78, 5) is 12.0. The zero-order chi connectivity index (χ0) is 13.1. The minimum atomic E-state index is -0.179. The molecule has 1 saturated heterocycles. The summed E-state index contributed by atoms with van der Waals surface area (Å²) in [6.07, 6.45) is 0.689. The van der Waals surface area contributed by atoms with E-state index in [-0.39, 0.29) is 24.0 Å². The van der Waals surface area contributed by atoms with Crippen molar-refractivity contribution in [2.24, 2.45) is 5.73 Å². The summed E-state index contributed by atoms with van der Waals surface area (Å²) >= 11 is 5.93. The van der Waals surface area contributed by atoms with Gasteiger partial charge in [-0.1, -0.05) is 23.7 Å². The Hall–Kier alpha value is -1.10. The molecule has 1 amide bonds. The van der Waals surface area contributed by atoms with Gasteiger partial charge < -0.3 is 16.4 Å². The van der Waals surface area contributed by atoms with Gasteiger partial charge in [-0.2, -0.15) is 0 Å². The summed E-state index contributed by atoms with van der Waals surface area (Å²) < 4.78 is 0. The third kappa shape index (κ3) is 3.22. The molecule has 0 saturated carbocycles. The lowest BCUT2D eigenvalue weighted by atomic mass is 10.1. The van der Waals surface area contributed by atoms with E-state index in [9.17, 15) is 4.79 Å². The van der Waals surface area contributed by atoms with Crippen LogP contribution in [0.2, 0.25) is 5.02 Å². The van der Waals surface area contributed by atoms with Crippen LogP contribution < -0.4 is 16.4 Å². The summed E-state index contributed by atoms with van der Waals surface area (Å²) in [5, 5.41) is 6.76. The second-order valence-corrected chi connectivity index (χ2v) is 5.18. The second-order valence-electron chi connectivity index (χ2n) is 4.74. The van der Waals surface area contributed by atoms with E-state index < -0.39 is 0 Å². The highest BCUT2D eigenvalue weighted by atomic mass is 35.5. The van der Waals surface area contributed by atoms with Crippen LogP contribution in [0.5, 0.6) is 0 Å². The minimum absolute atomic E-state index is 0.00424. The van der Waals surface area contributed by atoms with Crippen LogP contribution in [0.3, 0.4) is 0 Å². The van der Waals surface area contributed by atoms with Gasteiger partial charge in [-0.3, -0.25) is 4.79 Å². The zero-order valence-electron chi connectivity index (χ0n) is 10.3. The third-order valence-electron chi connectivity index (χ3n) is 3.19. The maximum atomic E-state index is 12.0. The number of carbonyl (C=O) groups is 1. The van der Waals surface area contributed by atoms with Gasteiger partial charge >= 0.3 is 0 Å². The molecule has 0 unspecified atom stereocenters. The molecule has 1 aromatic rings. The van der Waals surface area contributed by atoms with Gasteiger partial charge in [0.25, 0.3) is 0 Å². The van der Waals surface area contributed by atoms with Crippen molar-refractivity contribution in [3.05, 3.63) is 34.9 Å². The molecule has 1 aromatic carbocycles. The van der Waals surface area contributed by atoms with Crippen LogP contribution in [0.15, 0.2) is 24.3 Å². The predicted molar refractivity (Wildman–Crippen MR) is 72.4 cm³/mol. The number of nitrogens with two attached hydrogens (primary N) is 1. The first-order valence-electron chi connectivity index (χ1n) is 6.11. The van der Waals surface area contributed by atoms with Crippen LogP contribution in [0, 0.1) is 0 Å². The molecule has 18 heavy (non-hydrogen) atoms. The van der Waals surface area contributed by atoms with E-state index >= 15 is 0 Å². The molecule has 1 aliphatic heterocycles. The Balaban J connectivity index is 1.95. The van der Waals surface area contributed by atoms with Crippen molar-refractivity contribution in [1.29, 1.82) is 0 Å². The molecule has 4 nitrogen and oxygen atoms in total. The van der Waals surface area contributed by atoms with Crippen LogP contribution in [-0.2, 0) is 4.79 Å². The molecule has 0 aliphatic carbocycles. The molecule has 5 heteroatoms. The van der Waals surface area contributed by atoms with Gasteiger partial charge in [0.05, 0.1) is 12.1 Å². The smallest absolute Gasteiger partial charge is 0.237 e. The highest BCUT2D eigenvalue weighted by molar-refractivity contribution is 6.30. The molecule has 0 spiro atoms. The Labute approximate surface area is 112 Å². The lowest BCUT2D eigenvalue weighted by Gasteiger charge is -2.17. The van der Waals surface area contributed by atoms with Crippen LogP contribution >= 0.6 is 11.6 Å². The first-order chi connectivity index (χ1) is 8.56. The molecular weight excluding hydrogens is 250 g/mol. The minimum Gasteiger partial charge on any atom is -0.348 e. The second kappa shape index (κ2) is 5.69. The average Bonchev–Trinajstić information content (AvgIpc) is 2.76.